The van der Waals surface area contributed by atoms with Gasteiger partial charge in [0.25, 0.3) is 5.91 Å². The van der Waals surface area contributed by atoms with Crippen LogP contribution in [0.4, 0.5) is 16.0 Å². The largest absolute Gasteiger partial charge is 0.481 e. The smallest absolute Gasteiger partial charge is 0.260 e. The van der Waals surface area contributed by atoms with Crippen molar-refractivity contribution in [3.8, 4) is 17.4 Å². The number of ether oxygens (including phenoxy) is 2. The molecule has 0 aliphatic carbocycles. The van der Waals surface area contributed by atoms with E-state index in [0.717, 1.165) is 18.6 Å². The van der Waals surface area contributed by atoms with Crippen molar-refractivity contribution in [2.45, 2.75) is 0 Å². The first-order chi connectivity index (χ1) is 13.6. The summed E-state index contributed by atoms with van der Waals surface area (Å²) in [6, 6.07) is 7.46. The number of amides is 1. The first-order valence-corrected chi connectivity index (χ1v) is 7.94. The van der Waals surface area contributed by atoms with Crippen molar-refractivity contribution in [3.63, 3.8) is 0 Å². The number of halogens is 1. The molecule has 0 unspecified atom stereocenters. The molecule has 0 saturated heterocycles. The molecule has 0 aromatic carbocycles. The monoisotopic (exact) mass is 382 g/mol. The molecule has 0 aliphatic heterocycles. The number of nitrogens with one attached hydrogen (secondary N) is 1. The van der Waals surface area contributed by atoms with Crippen LogP contribution in [-0.2, 0) is 0 Å². The van der Waals surface area contributed by atoms with Crippen LogP contribution in [0.25, 0.3) is 0 Å². The Morgan fingerprint density at radius 1 is 1.25 bits per heavy atom. The lowest BCUT2D eigenvalue weighted by atomic mass is 10.2. The summed E-state index contributed by atoms with van der Waals surface area (Å²) in [6.45, 7) is 0. The highest BCUT2D eigenvalue weighted by Crippen LogP contribution is 2.26. The van der Waals surface area contributed by atoms with Crippen molar-refractivity contribution in [2.24, 2.45) is 10.7 Å². The molecule has 3 rings (SSSR count). The summed E-state index contributed by atoms with van der Waals surface area (Å²) in [6.07, 6.45) is 4.72. The first kappa shape index (κ1) is 18.7. The average molecular weight is 382 g/mol. The third-order valence-corrected chi connectivity index (χ3v) is 3.37. The predicted octanol–water partition coefficient (Wildman–Crippen LogP) is 2.68. The van der Waals surface area contributed by atoms with Gasteiger partial charge in [-0.3, -0.25) is 9.78 Å². The van der Waals surface area contributed by atoms with Gasteiger partial charge in [-0.15, -0.1) is 0 Å². The standard InChI is InChI=1S/C18H15FN6O3/c1-27-16-4-2-3-15(24-16)25-18(26)14-6-13(9-22-17(14)23-10-20)28-12-5-11(19)7-21-8-12/h2-10H,1H3,(H2,20,22,23)(H,24,25,26). The van der Waals surface area contributed by atoms with Crippen molar-refractivity contribution >= 4 is 23.9 Å². The van der Waals surface area contributed by atoms with E-state index < -0.39 is 11.7 Å². The summed E-state index contributed by atoms with van der Waals surface area (Å²) in [4.78, 5) is 28.4. The maximum atomic E-state index is 13.3. The van der Waals surface area contributed by atoms with Crippen LogP contribution in [0.15, 0.2) is 53.9 Å². The SMILES string of the molecule is COc1cccc(NC(=O)c2cc(Oc3cncc(F)c3)cnc2/N=C\N)n1. The molecule has 0 bridgehead atoms. The van der Waals surface area contributed by atoms with E-state index >= 15 is 0 Å². The quantitative estimate of drug-likeness (QED) is 0.496. The van der Waals surface area contributed by atoms with Crippen molar-refractivity contribution in [1.29, 1.82) is 0 Å². The number of hydrogen-bond acceptors (Lipinski definition) is 7. The molecule has 10 heteroatoms. The number of carbonyl (C=O) groups excluding carboxylic acids is 1. The lowest BCUT2D eigenvalue weighted by Crippen LogP contribution is -2.14. The van der Waals surface area contributed by atoms with Gasteiger partial charge in [0.1, 0.15) is 23.1 Å². The third-order valence-electron chi connectivity index (χ3n) is 3.37. The number of aliphatic imine (C=N–C) groups is 1. The second kappa shape index (κ2) is 8.54. The van der Waals surface area contributed by atoms with Crippen LogP contribution in [0.1, 0.15) is 10.4 Å². The maximum Gasteiger partial charge on any atom is 0.260 e. The van der Waals surface area contributed by atoms with Gasteiger partial charge in [-0.2, -0.15) is 4.98 Å². The fourth-order valence-corrected chi connectivity index (χ4v) is 2.20. The van der Waals surface area contributed by atoms with Crippen LogP contribution in [0.5, 0.6) is 17.4 Å². The minimum Gasteiger partial charge on any atom is -0.481 e. The number of nitrogens with zero attached hydrogens (tertiary/aromatic N) is 4. The Kier molecular flexibility index (Phi) is 5.70. The molecular weight excluding hydrogens is 367 g/mol. The first-order valence-electron chi connectivity index (χ1n) is 7.94. The summed E-state index contributed by atoms with van der Waals surface area (Å²) in [5.41, 5.74) is 5.40. The highest BCUT2D eigenvalue weighted by molar-refractivity contribution is 6.07. The molecule has 0 radical (unpaired) electrons. The summed E-state index contributed by atoms with van der Waals surface area (Å²) >= 11 is 0. The van der Waals surface area contributed by atoms with Crippen LogP contribution in [0.2, 0.25) is 0 Å². The summed E-state index contributed by atoms with van der Waals surface area (Å²) in [5, 5.41) is 2.62. The number of nitrogens with two attached hydrogens (primary N) is 1. The third kappa shape index (κ3) is 4.55. The van der Waals surface area contributed by atoms with E-state index in [9.17, 15) is 9.18 Å². The second-order valence-electron chi connectivity index (χ2n) is 5.28. The van der Waals surface area contributed by atoms with E-state index in [1.54, 1.807) is 18.2 Å². The van der Waals surface area contributed by atoms with Crippen molar-refractivity contribution < 1.29 is 18.7 Å². The average Bonchev–Trinajstić information content (AvgIpc) is 2.69. The number of pyridine rings is 3. The van der Waals surface area contributed by atoms with E-state index in [2.05, 4.69) is 25.3 Å². The van der Waals surface area contributed by atoms with E-state index in [-0.39, 0.29) is 28.7 Å². The van der Waals surface area contributed by atoms with Gasteiger partial charge in [0.15, 0.2) is 5.82 Å². The molecule has 28 heavy (non-hydrogen) atoms. The number of methoxy groups -OCH3 is 1. The van der Waals surface area contributed by atoms with Gasteiger partial charge in [0.2, 0.25) is 5.88 Å². The van der Waals surface area contributed by atoms with Gasteiger partial charge in [-0.05, 0) is 12.1 Å². The van der Waals surface area contributed by atoms with E-state index in [0.29, 0.717) is 5.88 Å². The lowest BCUT2D eigenvalue weighted by molar-refractivity contribution is 0.102. The molecule has 3 N–H and O–H groups in total. The van der Waals surface area contributed by atoms with Crippen molar-refractivity contribution in [2.75, 3.05) is 12.4 Å². The van der Waals surface area contributed by atoms with Crippen LogP contribution in [0.3, 0.4) is 0 Å². The van der Waals surface area contributed by atoms with Gasteiger partial charge < -0.3 is 20.5 Å². The minimum absolute atomic E-state index is 0.0765. The molecule has 142 valence electrons. The minimum atomic E-state index is -0.558. The Bertz CT molecular complexity index is 1030. The van der Waals surface area contributed by atoms with Gasteiger partial charge >= 0.3 is 0 Å². The van der Waals surface area contributed by atoms with Gasteiger partial charge in [0.05, 0.1) is 37.6 Å². The zero-order chi connectivity index (χ0) is 19.9. The molecule has 3 heterocycles. The number of carbonyl (C=O) groups is 1. The zero-order valence-electron chi connectivity index (χ0n) is 14.7. The van der Waals surface area contributed by atoms with E-state index in [1.807, 2.05) is 0 Å². The molecule has 9 nitrogen and oxygen atoms in total. The highest BCUT2D eigenvalue weighted by atomic mass is 19.1. The molecule has 3 aromatic heterocycles. The number of hydrogen-bond donors (Lipinski definition) is 2. The van der Waals surface area contributed by atoms with E-state index in [1.165, 1.54) is 25.6 Å². The van der Waals surface area contributed by atoms with Crippen LogP contribution in [-0.4, -0.2) is 34.3 Å². The van der Waals surface area contributed by atoms with Crippen LogP contribution in [0, 0.1) is 5.82 Å². The Labute approximate surface area is 159 Å². The number of anilines is 1. The predicted molar refractivity (Wildman–Crippen MR) is 99.6 cm³/mol. The fourth-order valence-electron chi connectivity index (χ4n) is 2.20. The number of aromatic nitrogens is 3. The molecule has 0 aliphatic rings. The topological polar surface area (TPSA) is 125 Å². The second-order valence-corrected chi connectivity index (χ2v) is 5.28. The molecule has 3 aromatic rings. The van der Waals surface area contributed by atoms with Crippen molar-refractivity contribution in [1.82, 2.24) is 15.0 Å². The highest BCUT2D eigenvalue weighted by Gasteiger charge is 2.16. The summed E-state index contributed by atoms with van der Waals surface area (Å²) in [7, 11) is 1.47. The number of rotatable bonds is 6. The van der Waals surface area contributed by atoms with Crippen LogP contribution < -0.4 is 20.5 Å². The maximum absolute atomic E-state index is 13.3. The summed E-state index contributed by atoms with van der Waals surface area (Å²) < 4.78 is 23.8. The molecule has 0 saturated carbocycles. The Morgan fingerprint density at radius 3 is 2.82 bits per heavy atom. The summed E-state index contributed by atoms with van der Waals surface area (Å²) in [5.74, 6) is -0.0783. The molecule has 0 fully saturated rings. The Hall–Kier alpha value is -4.08. The van der Waals surface area contributed by atoms with E-state index in [4.69, 9.17) is 15.2 Å². The zero-order valence-corrected chi connectivity index (χ0v) is 14.7. The van der Waals surface area contributed by atoms with Crippen LogP contribution >= 0.6 is 0 Å². The lowest BCUT2D eigenvalue weighted by Gasteiger charge is -2.10. The molecule has 0 atom stereocenters. The Morgan fingerprint density at radius 2 is 2.07 bits per heavy atom. The molecule has 1 amide bonds. The Balaban J connectivity index is 1.89. The van der Waals surface area contributed by atoms with Gasteiger partial charge in [0, 0.05) is 12.1 Å². The molecule has 0 spiro atoms. The normalized spacial score (nSPS) is 10.6. The van der Waals surface area contributed by atoms with Gasteiger partial charge in [-0.25, -0.2) is 14.4 Å². The van der Waals surface area contributed by atoms with Gasteiger partial charge in [-0.1, -0.05) is 6.07 Å². The van der Waals surface area contributed by atoms with Crippen molar-refractivity contribution in [3.05, 3.63) is 60.3 Å². The fraction of sp³-hybridized carbons (Fsp3) is 0.0556. The molecular formula is C18H15FN6O3.